The van der Waals surface area contributed by atoms with Crippen LogP contribution in [0.3, 0.4) is 0 Å². The van der Waals surface area contributed by atoms with Gasteiger partial charge < -0.3 is 45.0 Å². The number of hydrogen-bond donors (Lipinski definition) is 3. The molecule has 1 saturated heterocycles. The van der Waals surface area contributed by atoms with Gasteiger partial charge in [-0.25, -0.2) is 14.8 Å². The molecule has 0 unspecified atom stereocenters. The first-order valence-corrected chi connectivity index (χ1v) is 22.8. The summed E-state index contributed by atoms with van der Waals surface area (Å²) in [4.78, 5) is 39.1. The zero-order chi connectivity index (χ0) is 44.8. The van der Waals surface area contributed by atoms with Gasteiger partial charge in [0.1, 0.15) is 11.3 Å². The average molecular weight is 1060 g/mol. The van der Waals surface area contributed by atoms with Crippen molar-refractivity contribution in [1.82, 2.24) is 25.5 Å². The van der Waals surface area contributed by atoms with Crippen LogP contribution in [0.15, 0.2) is 62.7 Å². The first-order valence-electron chi connectivity index (χ1n) is 19.7. The molecular formula is C42H47Br2Cl4N7O7. The second-order valence-electron chi connectivity index (χ2n) is 14.2. The Bertz CT molecular complexity index is 2170. The summed E-state index contributed by atoms with van der Waals surface area (Å²) < 4.78 is 27.7. The minimum atomic E-state index is -0.572. The van der Waals surface area contributed by atoms with Crippen LogP contribution in [0.25, 0.3) is 0 Å². The second-order valence-corrected chi connectivity index (χ2v) is 17.6. The fourth-order valence-corrected chi connectivity index (χ4v) is 8.53. The van der Waals surface area contributed by atoms with Gasteiger partial charge in [0.05, 0.1) is 59.4 Å². The molecule has 2 saturated carbocycles. The average Bonchev–Trinajstić information content (AvgIpc) is 3.24. The highest BCUT2D eigenvalue weighted by atomic mass is 79.9. The summed E-state index contributed by atoms with van der Waals surface area (Å²) in [7, 11) is 4.18. The number of fused-ring (bicyclic) bond motifs is 1. The number of guanidine groups is 1. The van der Waals surface area contributed by atoms with Crippen molar-refractivity contribution < 1.29 is 33.3 Å². The van der Waals surface area contributed by atoms with Crippen molar-refractivity contribution in [2.45, 2.75) is 63.5 Å². The van der Waals surface area contributed by atoms with E-state index in [-0.39, 0.29) is 46.5 Å². The lowest BCUT2D eigenvalue weighted by molar-refractivity contribution is 0.0596. The van der Waals surface area contributed by atoms with Crippen LogP contribution in [0, 0.1) is 0 Å². The van der Waals surface area contributed by atoms with Crippen LogP contribution in [0.5, 0.6) is 34.8 Å². The predicted octanol–water partition coefficient (Wildman–Crippen LogP) is 10.5. The Hall–Kier alpha value is -3.77. The fourth-order valence-electron chi connectivity index (χ4n) is 5.96. The number of benzene rings is 2. The van der Waals surface area contributed by atoms with Crippen molar-refractivity contribution in [3.8, 4) is 34.8 Å². The number of amides is 1. The topological polar surface area (TPSA) is 172 Å². The summed E-state index contributed by atoms with van der Waals surface area (Å²) in [5, 5.41) is 7.53. The third kappa shape index (κ3) is 14.1. The van der Waals surface area contributed by atoms with E-state index in [1.54, 1.807) is 24.3 Å². The standard InChI is InChI=1S/C17H15BrCl2N2O3.C14H10BrCl2NO4.C7H13N3.C4H9N/c1-24-14-8-21-15(7-11(14)17(23)22-10-3-2-4-10)25-16-12(19)5-9(18)6-13(16)20;1-20-11-6-18-12(5-8(11)14(19)21-2)22-13-9(16)3-7(15)4-10(13)17;1-3-8-7-9-4-2-6-10(7)5-1;5-4-2-1-3-4/h5-8,10H,2-4H2,1H3,(H,22,23);3-6H,1-2H3;1-6H2,(H,8,9);4H,1-3,5H2. The molecule has 2 aromatic carbocycles. The Morgan fingerprint density at radius 2 is 1.23 bits per heavy atom. The Labute approximate surface area is 397 Å². The van der Waals surface area contributed by atoms with Gasteiger partial charge in [-0.15, -0.1) is 0 Å². The van der Waals surface area contributed by atoms with E-state index in [1.807, 2.05) is 0 Å². The lowest BCUT2D eigenvalue weighted by Crippen LogP contribution is -2.49. The van der Waals surface area contributed by atoms with Crippen molar-refractivity contribution in [3.05, 3.63) is 89.0 Å². The van der Waals surface area contributed by atoms with Crippen molar-refractivity contribution in [2.75, 3.05) is 47.5 Å². The molecule has 3 fully saturated rings. The number of aliphatic imine (C=N–C) groups is 1. The molecule has 2 aliphatic heterocycles. The third-order valence-corrected chi connectivity index (χ3v) is 11.8. The van der Waals surface area contributed by atoms with Crippen LogP contribution in [0.4, 0.5) is 0 Å². The largest absolute Gasteiger partial charge is 0.494 e. The smallest absolute Gasteiger partial charge is 0.341 e. The van der Waals surface area contributed by atoms with Crippen molar-refractivity contribution in [3.63, 3.8) is 0 Å². The highest BCUT2D eigenvalue weighted by Crippen LogP contribution is 2.40. The molecule has 4 N–H and O–H groups in total. The number of nitrogens with one attached hydrogen (secondary N) is 2. The number of hydrogen-bond acceptors (Lipinski definition) is 13. The minimum absolute atomic E-state index is 0.132. The van der Waals surface area contributed by atoms with Gasteiger partial charge in [-0.3, -0.25) is 9.79 Å². The van der Waals surface area contributed by atoms with Crippen LogP contribution >= 0.6 is 78.3 Å². The Morgan fingerprint density at radius 1 is 0.742 bits per heavy atom. The maximum Gasteiger partial charge on any atom is 0.341 e. The van der Waals surface area contributed by atoms with E-state index < -0.39 is 5.97 Å². The SMILES string of the molecule is C1CN=C2NCCCN2C1.COC(=O)c1cc(Oc2c(Cl)cc(Br)cc2Cl)ncc1OC.COc1cnc(Oc2c(Cl)cc(Br)cc2Cl)cc1C(=O)NC1CCC1.NC1CCC1. The van der Waals surface area contributed by atoms with E-state index in [9.17, 15) is 9.59 Å². The number of nitrogens with two attached hydrogens (primary N) is 1. The molecule has 14 nitrogen and oxygen atoms in total. The van der Waals surface area contributed by atoms with E-state index in [1.165, 1.54) is 91.0 Å². The lowest BCUT2D eigenvalue weighted by atomic mass is 9.93. The molecule has 4 aliphatic rings. The lowest BCUT2D eigenvalue weighted by Gasteiger charge is -2.33. The van der Waals surface area contributed by atoms with Gasteiger partial charge in [-0.05, 0) is 69.2 Å². The number of methoxy groups -OCH3 is 3. The van der Waals surface area contributed by atoms with Crippen LogP contribution in [0.1, 0.15) is 72.1 Å². The summed E-state index contributed by atoms with van der Waals surface area (Å²) in [5.41, 5.74) is 5.91. The van der Waals surface area contributed by atoms with E-state index in [0.29, 0.717) is 41.9 Å². The molecular weight excluding hydrogens is 1020 g/mol. The number of aromatic nitrogens is 2. The van der Waals surface area contributed by atoms with Crippen molar-refractivity contribution >= 4 is 96.1 Å². The molecule has 1 amide bonds. The molecule has 62 heavy (non-hydrogen) atoms. The highest BCUT2D eigenvalue weighted by Gasteiger charge is 2.24. The summed E-state index contributed by atoms with van der Waals surface area (Å²) in [6, 6.07) is 10.3. The van der Waals surface area contributed by atoms with Gasteiger partial charge in [0.25, 0.3) is 5.91 Å². The molecule has 2 aliphatic carbocycles. The summed E-state index contributed by atoms with van der Waals surface area (Å²) in [6.07, 6.45) is 12.3. The van der Waals surface area contributed by atoms with Crippen molar-refractivity contribution in [2.24, 2.45) is 10.7 Å². The van der Waals surface area contributed by atoms with Crippen LogP contribution < -0.4 is 35.3 Å². The first-order chi connectivity index (χ1) is 29.8. The zero-order valence-electron chi connectivity index (χ0n) is 34.3. The van der Waals surface area contributed by atoms with Gasteiger partial charge in [-0.1, -0.05) is 84.7 Å². The Kier molecular flexibility index (Phi) is 19.3. The third-order valence-electron chi connectivity index (χ3n) is 9.74. The number of ether oxygens (including phenoxy) is 5. The highest BCUT2D eigenvalue weighted by molar-refractivity contribution is 9.10. The summed E-state index contributed by atoms with van der Waals surface area (Å²) in [5.74, 6) is 1.83. The predicted molar refractivity (Wildman–Crippen MR) is 249 cm³/mol. The minimum Gasteiger partial charge on any atom is -0.494 e. The molecule has 2 aromatic heterocycles. The second kappa shape index (κ2) is 24.3. The quantitative estimate of drug-likeness (QED) is 0.136. The van der Waals surface area contributed by atoms with Gasteiger partial charge in [0, 0.05) is 59.3 Å². The van der Waals surface area contributed by atoms with E-state index in [2.05, 4.69) is 67.1 Å². The first kappa shape index (κ1) is 49.2. The number of pyridine rings is 2. The molecule has 0 spiro atoms. The fraction of sp³-hybridized carbons (Fsp3) is 0.405. The number of rotatable bonds is 9. The molecule has 4 heterocycles. The van der Waals surface area contributed by atoms with Gasteiger partial charge in [0.15, 0.2) is 23.2 Å². The normalized spacial score (nSPS) is 15.3. The molecule has 0 atom stereocenters. The Morgan fingerprint density at radius 3 is 1.66 bits per heavy atom. The number of esters is 1. The van der Waals surface area contributed by atoms with Crippen molar-refractivity contribution in [1.29, 1.82) is 0 Å². The van der Waals surface area contributed by atoms with E-state index >= 15 is 0 Å². The zero-order valence-corrected chi connectivity index (χ0v) is 40.4. The monoisotopic (exact) mass is 1060 g/mol. The molecule has 8 rings (SSSR count). The molecule has 20 heteroatoms. The summed E-state index contributed by atoms with van der Waals surface area (Å²) >= 11 is 31.1. The van der Waals surface area contributed by atoms with E-state index in [4.69, 9.17) is 71.1 Å². The van der Waals surface area contributed by atoms with Crippen LogP contribution in [0.2, 0.25) is 20.1 Å². The number of carbonyl (C=O) groups excluding carboxylic acids is 2. The van der Waals surface area contributed by atoms with Gasteiger partial charge in [-0.2, -0.15) is 0 Å². The molecule has 334 valence electrons. The molecule has 0 radical (unpaired) electrons. The maximum atomic E-state index is 12.5. The van der Waals surface area contributed by atoms with Gasteiger partial charge >= 0.3 is 5.97 Å². The molecule has 0 bridgehead atoms. The number of nitrogens with zero attached hydrogens (tertiary/aromatic N) is 4. The number of carbonyl (C=O) groups is 2. The van der Waals surface area contributed by atoms with Crippen LogP contribution in [-0.2, 0) is 4.74 Å². The number of halogens is 6. The van der Waals surface area contributed by atoms with Crippen LogP contribution in [-0.4, -0.2) is 92.3 Å². The van der Waals surface area contributed by atoms with Gasteiger partial charge in [0.2, 0.25) is 11.8 Å². The Balaban J connectivity index is 0.000000176. The summed E-state index contributed by atoms with van der Waals surface area (Å²) in [6.45, 7) is 4.52. The maximum absolute atomic E-state index is 12.5. The van der Waals surface area contributed by atoms with E-state index in [0.717, 1.165) is 42.8 Å². The molecule has 4 aromatic rings.